The van der Waals surface area contributed by atoms with Gasteiger partial charge in [-0.2, -0.15) is 0 Å². The number of amides is 2. The minimum atomic E-state index is -0.934. The second-order valence-electron chi connectivity index (χ2n) is 9.73. The van der Waals surface area contributed by atoms with E-state index < -0.39 is 6.04 Å². The minimum Gasteiger partial charge on any atom is -0.454 e. The highest BCUT2D eigenvalue weighted by Crippen LogP contribution is 2.36. The molecule has 3 aromatic carbocycles. The highest BCUT2D eigenvalue weighted by molar-refractivity contribution is 7.10. The van der Waals surface area contributed by atoms with Crippen LogP contribution >= 0.6 is 22.7 Å². The first kappa shape index (κ1) is 26.8. The Bertz CT molecular complexity index is 1900. The lowest BCUT2D eigenvalue weighted by Crippen LogP contribution is -2.42. The Hall–Kier alpha value is -5.07. The van der Waals surface area contributed by atoms with Gasteiger partial charge in [0, 0.05) is 27.6 Å². The molecule has 2 amide bonds. The van der Waals surface area contributed by atoms with Crippen LogP contribution < -0.4 is 14.8 Å². The zero-order chi connectivity index (χ0) is 29.2. The van der Waals surface area contributed by atoms with E-state index >= 15 is 0 Å². The second kappa shape index (κ2) is 11.7. The second-order valence-corrected chi connectivity index (χ2v) is 11.6. The highest BCUT2D eigenvalue weighted by Gasteiger charge is 2.34. The summed E-state index contributed by atoms with van der Waals surface area (Å²) >= 11 is 2.85. The third kappa shape index (κ3) is 5.57. The number of carbonyl (C=O) groups is 2. The molecule has 1 aliphatic rings. The van der Waals surface area contributed by atoms with E-state index in [1.807, 2.05) is 77.5 Å². The number of para-hydroxylation sites is 1. The molecular formula is C31H24N6O4S2. The molecule has 0 aliphatic carbocycles. The zero-order valence-electron chi connectivity index (χ0n) is 22.6. The quantitative estimate of drug-likeness (QED) is 0.222. The van der Waals surface area contributed by atoms with Crippen molar-refractivity contribution in [1.82, 2.24) is 24.9 Å². The summed E-state index contributed by atoms with van der Waals surface area (Å²) in [5, 5.41) is 16.0. The predicted molar refractivity (Wildman–Crippen MR) is 164 cm³/mol. The average Bonchev–Trinajstić information content (AvgIpc) is 3.85. The lowest BCUT2D eigenvalue weighted by atomic mass is 10.1. The summed E-state index contributed by atoms with van der Waals surface area (Å²) in [6.45, 7) is 0.152. The van der Waals surface area contributed by atoms with Crippen LogP contribution in [0.15, 0.2) is 95.7 Å². The number of hydrogen-bond acceptors (Lipinski definition) is 9. The number of ether oxygens (including phenoxy) is 2. The van der Waals surface area contributed by atoms with Gasteiger partial charge in [0.25, 0.3) is 5.91 Å². The molecule has 1 aliphatic heterocycles. The maximum absolute atomic E-state index is 14.2. The number of anilines is 1. The molecular weight excluding hydrogens is 585 g/mol. The number of nitrogens with one attached hydrogen (secondary N) is 1. The number of aromatic nitrogens is 4. The van der Waals surface area contributed by atoms with Crippen molar-refractivity contribution in [2.24, 2.45) is 0 Å². The molecule has 0 fully saturated rings. The average molecular weight is 609 g/mol. The molecule has 43 heavy (non-hydrogen) atoms. The third-order valence-electron chi connectivity index (χ3n) is 6.97. The van der Waals surface area contributed by atoms with Gasteiger partial charge in [-0.05, 0) is 35.7 Å². The van der Waals surface area contributed by atoms with Crippen LogP contribution in [0.25, 0.3) is 22.3 Å². The van der Waals surface area contributed by atoms with Crippen LogP contribution in [0.5, 0.6) is 11.5 Å². The van der Waals surface area contributed by atoms with Crippen LogP contribution in [0.3, 0.4) is 0 Å². The normalized spacial score (nSPS) is 12.7. The number of benzene rings is 3. The molecule has 10 nitrogen and oxygen atoms in total. The summed E-state index contributed by atoms with van der Waals surface area (Å²) in [7, 11) is 0. The lowest BCUT2D eigenvalue weighted by Gasteiger charge is -2.30. The topological polar surface area (TPSA) is 111 Å². The summed E-state index contributed by atoms with van der Waals surface area (Å²) in [6.07, 6.45) is 0. The molecule has 12 heteroatoms. The number of hydrogen-bond donors (Lipinski definition) is 1. The Morgan fingerprint density at radius 2 is 1.79 bits per heavy atom. The summed E-state index contributed by atoms with van der Waals surface area (Å²) in [5.41, 5.74) is 3.74. The summed E-state index contributed by atoms with van der Waals surface area (Å²) in [4.78, 5) is 35.4. The summed E-state index contributed by atoms with van der Waals surface area (Å²) < 4.78 is 12.5. The maximum Gasteiger partial charge on any atom is 0.252 e. The van der Waals surface area contributed by atoms with Gasteiger partial charge in [0.05, 0.1) is 17.8 Å². The molecule has 0 saturated carbocycles. The Morgan fingerprint density at radius 1 is 0.953 bits per heavy atom. The van der Waals surface area contributed by atoms with E-state index in [4.69, 9.17) is 14.5 Å². The van der Waals surface area contributed by atoms with Gasteiger partial charge in [0.2, 0.25) is 12.7 Å². The molecule has 0 radical (unpaired) electrons. The first-order valence-corrected chi connectivity index (χ1v) is 15.2. The molecule has 214 valence electrons. The fourth-order valence-electron chi connectivity index (χ4n) is 4.90. The largest absolute Gasteiger partial charge is 0.454 e. The van der Waals surface area contributed by atoms with Crippen molar-refractivity contribution < 1.29 is 19.1 Å². The van der Waals surface area contributed by atoms with E-state index in [2.05, 4.69) is 15.6 Å². The zero-order valence-corrected chi connectivity index (χ0v) is 24.3. The maximum atomic E-state index is 14.2. The third-order valence-corrected chi connectivity index (χ3v) is 8.72. The van der Waals surface area contributed by atoms with Crippen LogP contribution in [0.1, 0.15) is 15.9 Å². The number of fused-ring (bicyclic) bond motifs is 2. The smallest absolute Gasteiger partial charge is 0.252 e. The number of thiophene rings is 1. The molecule has 0 saturated heterocycles. The Kier molecular flexibility index (Phi) is 7.27. The Balaban J connectivity index is 1.24. The first-order valence-electron chi connectivity index (χ1n) is 13.4. The van der Waals surface area contributed by atoms with Crippen molar-refractivity contribution in [1.29, 1.82) is 0 Å². The molecule has 1 atom stereocenters. The van der Waals surface area contributed by atoms with E-state index in [1.54, 1.807) is 27.8 Å². The highest BCUT2D eigenvalue weighted by atomic mass is 32.1. The van der Waals surface area contributed by atoms with Crippen LogP contribution in [-0.2, 0) is 22.7 Å². The fraction of sp³-hybridized carbons (Fsp3) is 0.129. The molecule has 0 spiro atoms. The van der Waals surface area contributed by atoms with Gasteiger partial charge in [0.15, 0.2) is 11.5 Å². The van der Waals surface area contributed by atoms with Crippen LogP contribution in [-0.4, -0.2) is 43.5 Å². The fourth-order valence-corrected chi connectivity index (χ4v) is 6.54. The SMILES string of the molecule is O=C(Nc1ccc2c(c1)OCO2)C(c1cccs1)N(Cc1nc(-c2ccccc2)cs1)C(=O)Cn1nnc2ccccc21. The van der Waals surface area contributed by atoms with Crippen molar-refractivity contribution in [3.05, 3.63) is 106 Å². The first-order chi connectivity index (χ1) is 21.1. The molecule has 6 aromatic rings. The molecule has 3 aromatic heterocycles. The summed E-state index contributed by atoms with van der Waals surface area (Å²) in [6, 6.07) is 25.3. The number of thiazole rings is 1. The summed E-state index contributed by atoms with van der Waals surface area (Å²) in [5.74, 6) is 0.500. The Morgan fingerprint density at radius 3 is 2.65 bits per heavy atom. The van der Waals surface area contributed by atoms with Gasteiger partial charge in [-0.15, -0.1) is 27.8 Å². The van der Waals surface area contributed by atoms with Gasteiger partial charge in [0.1, 0.15) is 23.1 Å². The lowest BCUT2D eigenvalue weighted by molar-refractivity contribution is -0.140. The molecule has 7 rings (SSSR count). The van der Waals surface area contributed by atoms with Gasteiger partial charge in [-0.3, -0.25) is 9.59 Å². The predicted octanol–water partition coefficient (Wildman–Crippen LogP) is 5.75. The van der Waals surface area contributed by atoms with Crippen molar-refractivity contribution in [3.8, 4) is 22.8 Å². The van der Waals surface area contributed by atoms with Gasteiger partial charge in [-0.1, -0.05) is 53.7 Å². The Labute approximate surface area is 254 Å². The van der Waals surface area contributed by atoms with E-state index in [0.717, 1.165) is 21.7 Å². The van der Waals surface area contributed by atoms with Crippen LogP contribution in [0.4, 0.5) is 5.69 Å². The van der Waals surface area contributed by atoms with Crippen molar-refractivity contribution in [2.75, 3.05) is 12.1 Å². The molecule has 1 N–H and O–H groups in total. The van der Waals surface area contributed by atoms with Crippen molar-refractivity contribution in [3.63, 3.8) is 0 Å². The van der Waals surface area contributed by atoms with Crippen molar-refractivity contribution >= 4 is 51.2 Å². The van der Waals surface area contributed by atoms with E-state index in [1.165, 1.54) is 22.7 Å². The van der Waals surface area contributed by atoms with Crippen molar-refractivity contribution in [2.45, 2.75) is 19.1 Å². The number of rotatable bonds is 9. The molecule has 0 bridgehead atoms. The number of carbonyl (C=O) groups excluding carboxylic acids is 2. The van der Waals surface area contributed by atoms with E-state index in [-0.39, 0.29) is 31.7 Å². The monoisotopic (exact) mass is 608 g/mol. The molecule has 4 heterocycles. The van der Waals surface area contributed by atoms with Gasteiger partial charge >= 0.3 is 0 Å². The number of nitrogens with zero attached hydrogens (tertiary/aromatic N) is 5. The minimum absolute atomic E-state index is 0.101. The van der Waals surface area contributed by atoms with Gasteiger partial charge < -0.3 is 19.7 Å². The van der Waals surface area contributed by atoms with Crippen LogP contribution in [0, 0.1) is 0 Å². The van der Waals surface area contributed by atoms with Crippen LogP contribution in [0.2, 0.25) is 0 Å². The van der Waals surface area contributed by atoms with E-state index in [0.29, 0.717) is 27.7 Å². The van der Waals surface area contributed by atoms with Gasteiger partial charge in [-0.25, -0.2) is 9.67 Å². The van der Waals surface area contributed by atoms with E-state index in [9.17, 15) is 9.59 Å². The standard InChI is InChI=1S/C31H24N6O4S2/c38-29(17-37-24-10-5-4-9-22(24)34-35-37)36(16-28-33-23(18-43-28)20-7-2-1-3-8-20)30(27-11-6-14-42-27)31(39)32-21-12-13-25-26(15-21)41-19-40-25/h1-15,18,30H,16-17,19H2,(H,32,39). The molecule has 1 unspecified atom stereocenters.